The van der Waals surface area contributed by atoms with E-state index >= 15 is 0 Å². The van der Waals surface area contributed by atoms with Gasteiger partial charge in [-0.1, -0.05) is 131 Å². The summed E-state index contributed by atoms with van der Waals surface area (Å²) in [4.78, 5) is 45.9. The Morgan fingerprint density at radius 3 is 1.55 bits per heavy atom. The van der Waals surface area contributed by atoms with Crippen LogP contribution in [-0.2, 0) is 37.5 Å². The van der Waals surface area contributed by atoms with Gasteiger partial charge in [0.15, 0.2) is 6.10 Å². The zero-order valence-corrected chi connectivity index (χ0v) is 35.1. The molecule has 11 nitrogen and oxygen atoms in total. The van der Waals surface area contributed by atoms with Crippen LogP contribution in [0.4, 0.5) is 0 Å². The molecule has 4 N–H and O–H groups in total. The van der Waals surface area contributed by atoms with E-state index in [1.165, 1.54) is 19.3 Å². The number of carbonyl (C=O) groups excluding carboxylic acids is 2. The molecule has 0 aromatic heterocycles. The second kappa shape index (κ2) is 38.5. The molecule has 12 heteroatoms. The van der Waals surface area contributed by atoms with Crippen molar-refractivity contribution in [3.63, 3.8) is 0 Å². The molecule has 0 radical (unpaired) electrons. The van der Waals surface area contributed by atoms with Crippen molar-refractivity contribution < 1.29 is 47.5 Å². The zero-order chi connectivity index (χ0) is 41.4. The van der Waals surface area contributed by atoms with Crippen LogP contribution < -0.4 is 5.73 Å². The van der Waals surface area contributed by atoms with Gasteiger partial charge in [0.05, 0.1) is 13.2 Å². The van der Waals surface area contributed by atoms with Crippen LogP contribution in [0, 0.1) is 0 Å². The first kappa shape index (κ1) is 52.7. The number of aliphatic carboxylic acids is 1. The number of esters is 2. The van der Waals surface area contributed by atoms with Crippen LogP contribution in [-0.4, -0.2) is 59.9 Å². The topological polar surface area (TPSA) is 172 Å². The van der Waals surface area contributed by atoms with Gasteiger partial charge in [0.2, 0.25) is 0 Å². The summed E-state index contributed by atoms with van der Waals surface area (Å²) in [5.41, 5.74) is 5.32. The SMILES string of the molecule is CCC=CCC=CCC=CCCCCCCCC(=O)O[C@H](COC(=O)CCCC=CCC=CCC=CCC=CCCCCC)COP(=O)(O)OC[C@H](N)C(=O)O. The third-order valence-corrected chi connectivity index (χ3v) is 9.08. The van der Waals surface area contributed by atoms with Gasteiger partial charge in [-0.25, -0.2) is 4.57 Å². The van der Waals surface area contributed by atoms with Crippen molar-refractivity contribution in [3.8, 4) is 0 Å². The van der Waals surface area contributed by atoms with Crippen molar-refractivity contribution in [1.82, 2.24) is 0 Å². The third-order valence-electron chi connectivity index (χ3n) is 8.13. The highest BCUT2D eigenvalue weighted by Crippen LogP contribution is 2.43. The molecule has 0 spiro atoms. The summed E-state index contributed by atoms with van der Waals surface area (Å²) in [7, 11) is -4.74. The smallest absolute Gasteiger partial charge is 0.472 e. The van der Waals surface area contributed by atoms with E-state index < -0.39 is 51.1 Å². The van der Waals surface area contributed by atoms with E-state index in [9.17, 15) is 23.8 Å². The van der Waals surface area contributed by atoms with E-state index in [1.807, 2.05) is 12.2 Å². The number of nitrogens with two attached hydrogens (primary N) is 1. The Bertz CT molecular complexity index is 1270. The van der Waals surface area contributed by atoms with Gasteiger partial charge in [-0.05, 0) is 83.5 Å². The van der Waals surface area contributed by atoms with E-state index in [-0.39, 0.29) is 19.4 Å². The molecule has 0 bridgehead atoms. The van der Waals surface area contributed by atoms with Gasteiger partial charge < -0.3 is 25.2 Å². The number of carboxylic acids is 1. The summed E-state index contributed by atoms with van der Waals surface area (Å²) >= 11 is 0. The lowest BCUT2D eigenvalue weighted by molar-refractivity contribution is -0.161. The number of hydrogen-bond acceptors (Lipinski definition) is 9. The standard InChI is InChI=1S/C44H72NO10P/c1-3-5-7-9-11-13-15-17-19-20-22-23-25-27-29-31-33-35-42(46)52-37-40(38-53-56(50,51)54-39-41(45)44(48)49)55-43(47)36-34-32-30-28-26-24-21-18-16-14-12-10-8-6-4-2/h6,8,11-14,17-19,21-23,27,29,40-41H,3-5,7,9-10,15-16,20,24-26,28,30-39,45H2,1-2H3,(H,48,49)(H,50,51)/t40-,41+/m1/s1. The van der Waals surface area contributed by atoms with Gasteiger partial charge in [0.1, 0.15) is 12.6 Å². The fourth-order valence-corrected chi connectivity index (χ4v) is 5.67. The molecule has 0 aromatic rings. The lowest BCUT2D eigenvalue weighted by Gasteiger charge is -2.20. The average Bonchev–Trinajstić information content (AvgIpc) is 3.17. The predicted octanol–water partition coefficient (Wildman–Crippen LogP) is 10.7. The van der Waals surface area contributed by atoms with Gasteiger partial charge in [0.25, 0.3) is 0 Å². The third kappa shape index (κ3) is 37.6. The minimum atomic E-state index is -4.74. The van der Waals surface area contributed by atoms with E-state index in [4.69, 9.17) is 24.8 Å². The van der Waals surface area contributed by atoms with E-state index in [0.29, 0.717) is 19.3 Å². The maximum absolute atomic E-state index is 12.6. The maximum atomic E-state index is 12.6. The quantitative estimate of drug-likeness (QED) is 0.0236. The Morgan fingerprint density at radius 1 is 0.571 bits per heavy atom. The van der Waals surface area contributed by atoms with E-state index in [0.717, 1.165) is 77.0 Å². The molecule has 56 heavy (non-hydrogen) atoms. The van der Waals surface area contributed by atoms with Crippen molar-refractivity contribution in [2.75, 3.05) is 19.8 Å². The molecule has 0 fully saturated rings. The summed E-state index contributed by atoms with van der Waals surface area (Å²) in [6.07, 6.45) is 46.5. The summed E-state index contributed by atoms with van der Waals surface area (Å²) in [5.74, 6) is -2.49. The van der Waals surface area contributed by atoms with Crippen LogP contribution in [0.25, 0.3) is 0 Å². The first-order chi connectivity index (χ1) is 27.1. The number of unbranched alkanes of at least 4 members (excludes halogenated alkanes) is 9. The highest BCUT2D eigenvalue weighted by atomic mass is 31.2. The Balaban J connectivity index is 4.54. The monoisotopic (exact) mass is 805 g/mol. The number of phosphoric ester groups is 1. The van der Waals surface area contributed by atoms with Crippen LogP contribution in [0.2, 0.25) is 0 Å². The minimum Gasteiger partial charge on any atom is -0.480 e. The number of rotatable bonds is 37. The van der Waals surface area contributed by atoms with Crippen LogP contribution in [0.3, 0.4) is 0 Å². The maximum Gasteiger partial charge on any atom is 0.472 e. The Morgan fingerprint density at radius 2 is 1.02 bits per heavy atom. The zero-order valence-electron chi connectivity index (χ0n) is 34.2. The molecule has 0 heterocycles. The van der Waals surface area contributed by atoms with Crippen LogP contribution in [0.1, 0.15) is 142 Å². The minimum absolute atomic E-state index is 0.125. The molecule has 0 aliphatic rings. The number of carboxylic acid groups (broad SMARTS) is 1. The van der Waals surface area contributed by atoms with Crippen molar-refractivity contribution in [1.29, 1.82) is 0 Å². The van der Waals surface area contributed by atoms with Crippen molar-refractivity contribution in [2.45, 2.75) is 154 Å². The highest BCUT2D eigenvalue weighted by Gasteiger charge is 2.28. The average molecular weight is 806 g/mol. The van der Waals surface area contributed by atoms with Gasteiger partial charge in [-0.3, -0.25) is 23.4 Å². The highest BCUT2D eigenvalue weighted by molar-refractivity contribution is 7.47. The van der Waals surface area contributed by atoms with Gasteiger partial charge in [-0.15, -0.1) is 0 Å². The Labute approximate surface area is 337 Å². The van der Waals surface area contributed by atoms with Crippen molar-refractivity contribution in [2.24, 2.45) is 5.73 Å². The van der Waals surface area contributed by atoms with Crippen LogP contribution in [0.5, 0.6) is 0 Å². The number of ether oxygens (including phenoxy) is 2. The molecule has 0 amide bonds. The van der Waals surface area contributed by atoms with Gasteiger partial charge in [-0.2, -0.15) is 0 Å². The second-order valence-electron chi connectivity index (χ2n) is 13.4. The molecular formula is C44H72NO10P. The summed E-state index contributed by atoms with van der Waals surface area (Å²) in [6.45, 7) is 2.56. The summed E-state index contributed by atoms with van der Waals surface area (Å²) in [6, 6.07) is -1.54. The number of hydrogen-bond donors (Lipinski definition) is 3. The molecule has 1 unspecified atom stereocenters. The lowest BCUT2D eigenvalue weighted by atomic mass is 10.1. The van der Waals surface area contributed by atoms with Gasteiger partial charge >= 0.3 is 25.7 Å². The van der Waals surface area contributed by atoms with Crippen molar-refractivity contribution in [3.05, 3.63) is 85.1 Å². The Hall–Kier alpha value is -3.34. The number of carbonyl (C=O) groups is 3. The summed E-state index contributed by atoms with van der Waals surface area (Å²) < 4.78 is 32.6. The molecule has 0 saturated carbocycles. The number of phosphoric acid groups is 1. The molecular weight excluding hydrogens is 733 g/mol. The molecule has 0 rings (SSSR count). The lowest BCUT2D eigenvalue weighted by Crippen LogP contribution is -2.34. The van der Waals surface area contributed by atoms with Gasteiger partial charge in [0, 0.05) is 12.8 Å². The fraction of sp³-hybridized carbons (Fsp3) is 0.614. The predicted molar refractivity (Wildman–Crippen MR) is 226 cm³/mol. The van der Waals surface area contributed by atoms with Crippen molar-refractivity contribution >= 4 is 25.7 Å². The Kier molecular flexibility index (Phi) is 36.2. The molecule has 0 saturated heterocycles. The first-order valence-corrected chi connectivity index (χ1v) is 22.1. The van der Waals surface area contributed by atoms with E-state index in [1.54, 1.807) is 0 Å². The fourth-order valence-electron chi connectivity index (χ4n) is 4.89. The molecule has 0 aromatic carbocycles. The molecule has 3 atom stereocenters. The molecule has 0 aliphatic carbocycles. The van der Waals surface area contributed by atoms with E-state index in [2.05, 4.69) is 91.3 Å². The first-order valence-electron chi connectivity index (χ1n) is 20.6. The van der Waals surface area contributed by atoms with Crippen LogP contribution >= 0.6 is 7.82 Å². The summed E-state index contributed by atoms with van der Waals surface area (Å²) in [5, 5.41) is 8.88. The molecule has 0 aliphatic heterocycles. The largest absolute Gasteiger partial charge is 0.480 e. The second-order valence-corrected chi connectivity index (χ2v) is 14.8. The number of allylic oxidation sites excluding steroid dienone is 14. The normalized spacial score (nSPS) is 14.6. The van der Waals surface area contributed by atoms with Crippen LogP contribution in [0.15, 0.2) is 85.1 Å². The molecule has 318 valence electrons.